The lowest BCUT2D eigenvalue weighted by atomic mass is 10.1. The van der Waals surface area contributed by atoms with Crippen LogP contribution in [0.3, 0.4) is 0 Å². The molecule has 1 amide bonds. The van der Waals surface area contributed by atoms with Crippen LogP contribution in [0.15, 0.2) is 35.5 Å². The minimum Gasteiger partial charge on any atom is -0.444 e. The van der Waals surface area contributed by atoms with E-state index < -0.39 is 0 Å². The summed E-state index contributed by atoms with van der Waals surface area (Å²) in [4.78, 5) is 22.2. The number of rotatable bonds is 7. The number of pyridine rings is 1. The third-order valence-electron chi connectivity index (χ3n) is 5.88. The summed E-state index contributed by atoms with van der Waals surface area (Å²) in [5.41, 5.74) is 3.31. The zero-order valence-corrected chi connectivity index (χ0v) is 17.0. The first kappa shape index (κ1) is 19.7. The number of carbonyl (C=O) groups excluding carboxylic acids is 1. The van der Waals surface area contributed by atoms with Crippen molar-refractivity contribution in [3.05, 3.63) is 47.4 Å². The standard InChI is InChI=1S/C21H24FN7O2/c22-17-10-26-20(18-2-4-27-28-18)16-8-13(7-15(16)17)9-23-3-1-14-12-29(21(30)31-14)19-11-24-5-6-25-19/h2,4,6,10-11,13-14,23-24H,1,3,5,7-9,12H2,(H,27,28). The van der Waals surface area contributed by atoms with Crippen LogP contribution in [0.25, 0.3) is 11.4 Å². The summed E-state index contributed by atoms with van der Waals surface area (Å²) in [6, 6.07) is 1.85. The largest absolute Gasteiger partial charge is 0.444 e. The Kier molecular flexibility index (Phi) is 5.37. The Balaban J connectivity index is 1.12. The highest BCUT2D eigenvalue weighted by atomic mass is 19.1. The molecule has 0 aromatic carbocycles. The Morgan fingerprint density at radius 1 is 1.32 bits per heavy atom. The maximum Gasteiger partial charge on any atom is 0.415 e. The number of aromatic amines is 1. The number of ether oxygens (including phenoxy) is 1. The maximum atomic E-state index is 14.3. The minimum atomic E-state index is -0.363. The average Bonchev–Trinajstić information content (AvgIpc) is 3.53. The average molecular weight is 425 g/mol. The summed E-state index contributed by atoms with van der Waals surface area (Å²) in [7, 11) is 0. The smallest absolute Gasteiger partial charge is 0.415 e. The van der Waals surface area contributed by atoms with Gasteiger partial charge in [0.15, 0.2) is 5.82 Å². The third kappa shape index (κ3) is 4.02. The van der Waals surface area contributed by atoms with Crippen LogP contribution in [-0.4, -0.2) is 64.7 Å². The van der Waals surface area contributed by atoms with Crippen molar-refractivity contribution in [2.45, 2.75) is 25.4 Å². The Hall–Kier alpha value is -3.27. The van der Waals surface area contributed by atoms with Crippen molar-refractivity contribution in [3.8, 4) is 11.4 Å². The van der Waals surface area contributed by atoms with E-state index in [2.05, 4.69) is 30.8 Å². The number of nitrogens with one attached hydrogen (secondary N) is 3. The molecule has 3 N–H and O–H groups in total. The van der Waals surface area contributed by atoms with Gasteiger partial charge in [-0.05, 0) is 55.5 Å². The molecule has 2 aromatic rings. The van der Waals surface area contributed by atoms with Crippen LogP contribution >= 0.6 is 0 Å². The quantitative estimate of drug-likeness (QED) is 0.582. The second-order valence-corrected chi connectivity index (χ2v) is 7.99. The van der Waals surface area contributed by atoms with E-state index >= 15 is 0 Å². The van der Waals surface area contributed by atoms with E-state index in [1.165, 1.54) is 6.20 Å². The minimum absolute atomic E-state index is 0.174. The molecular formula is C21H24FN7O2. The SMILES string of the molecule is O=C1OC(CCNCC2Cc3c(F)cnc(-c4ccn[nH]4)c3C2)CN1C1=CNCC=N1. The molecule has 31 heavy (non-hydrogen) atoms. The first-order chi connectivity index (χ1) is 15.2. The van der Waals surface area contributed by atoms with Crippen LogP contribution in [-0.2, 0) is 17.6 Å². The Morgan fingerprint density at radius 2 is 2.23 bits per heavy atom. The Bertz CT molecular complexity index is 1020. The van der Waals surface area contributed by atoms with E-state index in [0.29, 0.717) is 44.2 Å². The fraction of sp³-hybridized carbons (Fsp3) is 0.429. The molecule has 3 aliphatic rings. The lowest BCUT2D eigenvalue weighted by molar-refractivity contribution is 0.130. The van der Waals surface area contributed by atoms with Crippen molar-refractivity contribution in [1.82, 2.24) is 30.7 Å². The number of hydrogen-bond acceptors (Lipinski definition) is 7. The molecule has 0 saturated carbocycles. The Morgan fingerprint density at radius 3 is 3.03 bits per heavy atom. The third-order valence-corrected chi connectivity index (χ3v) is 5.88. The van der Waals surface area contributed by atoms with Gasteiger partial charge < -0.3 is 15.4 Å². The van der Waals surface area contributed by atoms with Gasteiger partial charge in [0, 0.05) is 25.2 Å². The van der Waals surface area contributed by atoms with E-state index in [1.54, 1.807) is 23.5 Å². The molecule has 162 valence electrons. The van der Waals surface area contributed by atoms with Crippen molar-refractivity contribution in [1.29, 1.82) is 0 Å². The lowest BCUT2D eigenvalue weighted by Crippen LogP contribution is -2.29. The molecule has 4 heterocycles. The normalized spacial score (nSPS) is 22.3. The summed E-state index contributed by atoms with van der Waals surface area (Å²) in [6.07, 6.45) is 8.05. The number of cyclic esters (lactones) is 1. The van der Waals surface area contributed by atoms with Crippen LogP contribution in [0.5, 0.6) is 0 Å². The molecule has 1 fully saturated rings. The first-order valence-electron chi connectivity index (χ1n) is 10.5. The van der Waals surface area contributed by atoms with Gasteiger partial charge in [-0.2, -0.15) is 5.10 Å². The number of amides is 1. The zero-order valence-electron chi connectivity index (χ0n) is 17.0. The first-order valence-corrected chi connectivity index (χ1v) is 10.5. The predicted molar refractivity (Wildman–Crippen MR) is 112 cm³/mol. The highest BCUT2D eigenvalue weighted by Gasteiger charge is 2.34. The van der Waals surface area contributed by atoms with Gasteiger partial charge in [-0.15, -0.1) is 0 Å². The molecule has 1 saturated heterocycles. The molecule has 2 aliphatic heterocycles. The van der Waals surface area contributed by atoms with E-state index in [-0.39, 0.29) is 18.0 Å². The second kappa shape index (κ2) is 8.46. The summed E-state index contributed by atoms with van der Waals surface area (Å²) in [6.45, 7) is 2.63. The number of halogens is 1. The summed E-state index contributed by atoms with van der Waals surface area (Å²) < 4.78 is 19.8. The van der Waals surface area contributed by atoms with Crippen LogP contribution in [0.1, 0.15) is 17.5 Å². The number of aliphatic imine (C=N–C) groups is 1. The molecule has 0 bridgehead atoms. The fourth-order valence-corrected chi connectivity index (χ4v) is 4.37. The molecule has 1 aliphatic carbocycles. The molecule has 9 nitrogen and oxygen atoms in total. The van der Waals surface area contributed by atoms with Gasteiger partial charge in [0.05, 0.1) is 24.1 Å². The van der Waals surface area contributed by atoms with Gasteiger partial charge >= 0.3 is 6.09 Å². The molecule has 5 rings (SSSR count). The molecule has 2 atom stereocenters. The van der Waals surface area contributed by atoms with Gasteiger partial charge in [0.1, 0.15) is 11.9 Å². The fourth-order valence-electron chi connectivity index (χ4n) is 4.37. The van der Waals surface area contributed by atoms with Crippen LogP contribution < -0.4 is 10.6 Å². The zero-order chi connectivity index (χ0) is 21.2. The highest BCUT2D eigenvalue weighted by molar-refractivity contribution is 5.73. The van der Waals surface area contributed by atoms with Crippen molar-refractivity contribution >= 4 is 12.3 Å². The van der Waals surface area contributed by atoms with E-state index in [9.17, 15) is 9.18 Å². The van der Waals surface area contributed by atoms with Crippen LogP contribution in [0.2, 0.25) is 0 Å². The van der Waals surface area contributed by atoms with Gasteiger partial charge in [-0.1, -0.05) is 0 Å². The summed E-state index contributed by atoms with van der Waals surface area (Å²) in [5, 5.41) is 13.4. The molecule has 2 aromatic heterocycles. The maximum absolute atomic E-state index is 14.3. The number of nitrogens with zero attached hydrogens (tertiary/aromatic N) is 4. The van der Waals surface area contributed by atoms with Gasteiger partial charge in [0.25, 0.3) is 0 Å². The molecule has 10 heteroatoms. The monoisotopic (exact) mass is 425 g/mol. The van der Waals surface area contributed by atoms with Crippen LogP contribution in [0.4, 0.5) is 9.18 Å². The number of carbonyl (C=O) groups is 1. The Labute approximate surface area is 178 Å². The van der Waals surface area contributed by atoms with E-state index in [1.807, 2.05) is 6.07 Å². The van der Waals surface area contributed by atoms with E-state index in [0.717, 1.165) is 35.5 Å². The van der Waals surface area contributed by atoms with E-state index in [4.69, 9.17) is 4.74 Å². The number of hydrogen-bond donors (Lipinski definition) is 3. The van der Waals surface area contributed by atoms with Crippen LogP contribution in [0, 0.1) is 11.7 Å². The highest BCUT2D eigenvalue weighted by Crippen LogP contribution is 2.34. The molecule has 0 spiro atoms. The number of fused-ring (bicyclic) bond motifs is 1. The molecular weight excluding hydrogens is 401 g/mol. The van der Waals surface area contributed by atoms with Gasteiger partial charge in [0.2, 0.25) is 0 Å². The van der Waals surface area contributed by atoms with Crippen molar-refractivity contribution in [2.24, 2.45) is 10.9 Å². The summed E-state index contributed by atoms with van der Waals surface area (Å²) in [5.74, 6) is 0.637. The van der Waals surface area contributed by atoms with Crippen molar-refractivity contribution in [3.63, 3.8) is 0 Å². The van der Waals surface area contributed by atoms with Gasteiger partial charge in [-0.25, -0.2) is 14.2 Å². The van der Waals surface area contributed by atoms with Gasteiger partial charge in [-0.3, -0.25) is 15.0 Å². The topological polar surface area (TPSA) is 108 Å². The lowest BCUT2D eigenvalue weighted by Gasteiger charge is -2.16. The molecule has 2 unspecified atom stereocenters. The molecule has 0 radical (unpaired) electrons. The predicted octanol–water partition coefficient (Wildman–Crippen LogP) is 1.60. The number of aromatic nitrogens is 3. The second-order valence-electron chi connectivity index (χ2n) is 7.99. The summed E-state index contributed by atoms with van der Waals surface area (Å²) >= 11 is 0. The van der Waals surface area contributed by atoms with Crippen molar-refractivity contribution in [2.75, 3.05) is 26.2 Å². The number of H-pyrrole nitrogens is 1. The van der Waals surface area contributed by atoms with Crippen molar-refractivity contribution < 1.29 is 13.9 Å².